The van der Waals surface area contributed by atoms with Crippen molar-refractivity contribution in [1.29, 1.82) is 0 Å². The smallest absolute Gasteiger partial charge is 0.198 e. The highest BCUT2D eigenvalue weighted by Gasteiger charge is 2.12. The number of nitrogens with zero attached hydrogens (tertiary/aromatic N) is 3. The van der Waals surface area contributed by atoms with Crippen LogP contribution in [0.4, 0.5) is 19.7 Å². The van der Waals surface area contributed by atoms with E-state index in [0.717, 1.165) is 22.5 Å². The third kappa shape index (κ3) is 3.71. The summed E-state index contributed by atoms with van der Waals surface area (Å²) in [4.78, 5) is 13.6. The zero-order valence-corrected chi connectivity index (χ0v) is 14.7. The van der Waals surface area contributed by atoms with Crippen molar-refractivity contribution in [2.45, 2.75) is 0 Å². The molecule has 0 spiro atoms. The number of pyridine rings is 2. The van der Waals surface area contributed by atoms with Crippen LogP contribution >= 0.6 is 23.7 Å². The summed E-state index contributed by atoms with van der Waals surface area (Å²) in [6, 6.07) is 10.2. The maximum atomic E-state index is 13.7. The Balaban J connectivity index is 0.00000196. The van der Waals surface area contributed by atoms with Gasteiger partial charge >= 0.3 is 0 Å². The number of hydrogen-bond donors (Lipinski definition) is 1. The minimum atomic E-state index is -0.774. The minimum absolute atomic E-state index is 0. The fraction of sp³-hybridized carbons (Fsp3) is 0. The van der Waals surface area contributed by atoms with Crippen molar-refractivity contribution in [3.63, 3.8) is 0 Å². The average molecular weight is 393 g/mol. The molecule has 0 aliphatic rings. The van der Waals surface area contributed by atoms with Gasteiger partial charge in [0.25, 0.3) is 0 Å². The first-order valence-electron chi connectivity index (χ1n) is 7.25. The number of fused-ring (bicyclic) bond motifs is 1. The van der Waals surface area contributed by atoms with Gasteiger partial charge in [-0.05, 0) is 30.3 Å². The van der Waals surface area contributed by atoms with Crippen LogP contribution in [0.25, 0.3) is 10.3 Å². The molecule has 132 valence electrons. The fourth-order valence-corrected chi connectivity index (χ4v) is 2.99. The van der Waals surface area contributed by atoms with Gasteiger partial charge in [-0.15, -0.1) is 12.4 Å². The summed E-state index contributed by atoms with van der Waals surface area (Å²) in [6.45, 7) is 0. The molecule has 3 heterocycles. The third-order valence-electron chi connectivity index (χ3n) is 3.27. The highest BCUT2D eigenvalue weighted by molar-refractivity contribution is 7.21. The second-order valence-electron chi connectivity index (χ2n) is 5.00. The second kappa shape index (κ2) is 7.59. The highest BCUT2D eigenvalue weighted by atomic mass is 35.5. The number of ether oxygens (including phenoxy) is 1. The molecule has 0 atom stereocenters. The van der Waals surface area contributed by atoms with Crippen molar-refractivity contribution in [3.8, 4) is 11.5 Å². The van der Waals surface area contributed by atoms with E-state index in [9.17, 15) is 8.78 Å². The number of rotatable bonds is 4. The number of benzene rings is 1. The maximum absolute atomic E-state index is 13.7. The van der Waals surface area contributed by atoms with E-state index < -0.39 is 17.4 Å². The van der Waals surface area contributed by atoms with Gasteiger partial charge < -0.3 is 10.1 Å². The Kier molecular flexibility index (Phi) is 5.24. The van der Waals surface area contributed by atoms with E-state index in [4.69, 9.17) is 4.74 Å². The van der Waals surface area contributed by atoms with E-state index in [2.05, 4.69) is 20.3 Å². The Bertz CT molecular complexity index is 1010. The Morgan fingerprint density at radius 3 is 2.54 bits per heavy atom. The lowest BCUT2D eigenvalue weighted by atomic mass is 10.3. The van der Waals surface area contributed by atoms with Gasteiger partial charge in [-0.1, -0.05) is 17.4 Å². The monoisotopic (exact) mass is 392 g/mol. The Labute approximate surface area is 157 Å². The Morgan fingerprint density at radius 2 is 1.77 bits per heavy atom. The zero-order chi connectivity index (χ0) is 17.2. The molecule has 0 saturated heterocycles. The molecule has 9 heteroatoms. The molecule has 0 aliphatic carbocycles. The second-order valence-corrected chi connectivity index (χ2v) is 5.98. The summed E-state index contributed by atoms with van der Waals surface area (Å²) in [5, 5.41) is 3.64. The first-order chi connectivity index (χ1) is 12.2. The highest BCUT2D eigenvalue weighted by Crippen LogP contribution is 2.30. The van der Waals surface area contributed by atoms with Crippen molar-refractivity contribution >= 4 is 45.0 Å². The molecule has 0 bridgehead atoms. The number of nitrogens with one attached hydrogen (secondary N) is 1. The van der Waals surface area contributed by atoms with Gasteiger partial charge in [0.15, 0.2) is 22.5 Å². The van der Waals surface area contributed by atoms with Gasteiger partial charge in [0.05, 0.1) is 0 Å². The van der Waals surface area contributed by atoms with Gasteiger partial charge in [-0.25, -0.2) is 23.7 Å². The van der Waals surface area contributed by atoms with Crippen LogP contribution in [-0.2, 0) is 0 Å². The lowest BCUT2D eigenvalue weighted by Gasteiger charge is -2.09. The van der Waals surface area contributed by atoms with E-state index in [0.29, 0.717) is 10.9 Å². The van der Waals surface area contributed by atoms with Crippen LogP contribution < -0.4 is 10.1 Å². The average Bonchev–Trinajstić information content (AvgIpc) is 3.01. The lowest BCUT2D eigenvalue weighted by molar-refractivity contribution is 0.407. The lowest BCUT2D eigenvalue weighted by Crippen LogP contribution is -1.95. The summed E-state index contributed by atoms with van der Waals surface area (Å²) >= 11 is 1.37. The molecule has 26 heavy (non-hydrogen) atoms. The van der Waals surface area contributed by atoms with E-state index in [1.807, 2.05) is 12.1 Å². The molecule has 5 nitrogen and oxygen atoms in total. The van der Waals surface area contributed by atoms with Crippen LogP contribution in [0.1, 0.15) is 0 Å². The van der Waals surface area contributed by atoms with E-state index in [1.165, 1.54) is 35.7 Å². The molecule has 1 aromatic carbocycles. The first-order valence-corrected chi connectivity index (χ1v) is 8.07. The molecule has 0 fully saturated rings. The predicted octanol–water partition coefficient (Wildman–Crippen LogP) is 5.32. The first kappa shape index (κ1) is 18.0. The molecule has 0 aliphatic heterocycles. The zero-order valence-electron chi connectivity index (χ0n) is 13.0. The Morgan fingerprint density at radius 1 is 0.962 bits per heavy atom. The summed E-state index contributed by atoms with van der Waals surface area (Å²) in [5.41, 5.74) is 0.774. The van der Waals surface area contributed by atoms with Gasteiger partial charge in [-0.2, -0.15) is 0 Å². The predicted molar refractivity (Wildman–Crippen MR) is 98.6 cm³/mol. The largest absolute Gasteiger partial charge is 0.451 e. The quantitative estimate of drug-likeness (QED) is 0.509. The van der Waals surface area contributed by atoms with Gasteiger partial charge in [0.2, 0.25) is 0 Å². The number of para-hydroxylation sites is 1. The van der Waals surface area contributed by atoms with Crippen LogP contribution in [0.5, 0.6) is 11.5 Å². The molecule has 0 radical (unpaired) electrons. The topological polar surface area (TPSA) is 59.9 Å². The normalized spacial score (nSPS) is 10.4. The fourth-order valence-electron chi connectivity index (χ4n) is 2.17. The van der Waals surface area contributed by atoms with Crippen molar-refractivity contribution in [1.82, 2.24) is 15.0 Å². The molecule has 3 aromatic heterocycles. The van der Waals surface area contributed by atoms with Crippen molar-refractivity contribution < 1.29 is 13.5 Å². The summed E-state index contributed by atoms with van der Waals surface area (Å²) in [7, 11) is 0. The van der Waals surface area contributed by atoms with Crippen LogP contribution in [0.3, 0.4) is 0 Å². The van der Waals surface area contributed by atoms with Crippen LogP contribution in [0.15, 0.2) is 54.9 Å². The van der Waals surface area contributed by atoms with E-state index in [-0.39, 0.29) is 18.2 Å². The standard InChI is InChI=1S/C17H10F2N4OS.ClH/c18-11-3-1-4-12(19)15(11)24-10-6-8-20-14(9-10)23-17-22-13-5-2-7-21-16(13)25-17;/h1-9H,(H,20,22,23);1H. The van der Waals surface area contributed by atoms with Gasteiger partial charge in [-0.3, -0.25) is 0 Å². The van der Waals surface area contributed by atoms with Gasteiger partial charge in [0.1, 0.15) is 21.9 Å². The Hall–Kier alpha value is -2.84. The SMILES string of the molecule is Cl.Fc1cccc(F)c1Oc1ccnc(Nc2nc3cccnc3s2)c1. The molecular formula is C17H11ClF2N4OS. The van der Waals surface area contributed by atoms with Gasteiger partial charge in [0, 0.05) is 18.5 Å². The minimum Gasteiger partial charge on any atom is -0.451 e. The number of halogens is 3. The summed E-state index contributed by atoms with van der Waals surface area (Å²) in [5.74, 6) is -1.31. The van der Waals surface area contributed by atoms with Crippen LogP contribution in [0, 0.1) is 11.6 Å². The summed E-state index contributed by atoms with van der Waals surface area (Å²) in [6.07, 6.45) is 3.17. The molecule has 1 N–H and O–H groups in total. The number of thiazole rings is 1. The molecule has 4 rings (SSSR count). The number of aromatic nitrogens is 3. The van der Waals surface area contributed by atoms with E-state index in [1.54, 1.807) is 6.20 Å². The van der Waals surface area contributed by atoms with Crippen molar-refractivity contribution in [2.24, 2.45) is 0 Å². The van der Waals surface area contributed by atoms with Crippen LogP contribution in [0.2, 0.25) is 0 Å². The van der Waals surface area contributed by atoms with Crippen molar-refractivity contribution in [2.75, 3.05) is 5.32 Å². The molecule has 4 aromatic rings. The maximum Gasteiger partial charge on any atom is 0.198 e. The third-order valence-corrected chi connectivity index (χ3v) is 4.17. The van der Waals surface area contributed by atoms with Crippen LogP contribution in [-0.4, -0.2) is 15.0 Å². The van der Waals surface area contributed by atoms with Crippen molar-refractivity contribution in [3.05, 3.63) is 66.5 Å². The number of anilines is 2. The molecular weight excluding hydrogens is 382 g/mol. The number of hydrogen-bond acceptors (Lipinski definition) is 6. The summed E-state index contributed by atoms with van der Waals surface area (Å²) < 4.78 is 32.7. The van der Waals surface area contributed by atoms with E-state index >= 15 is 0 Å². The molecule has 0 amide bonds. The molecule has 0 unspecified atom stereocenters. The molecule has 0 saturated carbocycles.